The molecule has 1 aliphatic carbocycles. The second-order valence-electron chi connectivity index (χ2n) is 5.66. The second kappa shape index (κ2) is 6.19. The summed E-state index contributed by atoms with van der Waals surface area (Å²) in [6, 6.07) is 2.04. The predicted molar refractivity (Wildman–Crippen MR) is 83.1 cm³/mol. The van der Waals surface area contributed by atoms with Crippen LogP contribution in [-0.4, -0.2) is 23.3 Å². The zero-order valence-corrected chi connectivity index (χ0v) is 13.2. The number of nitrogens with zero attached hydrogens (tertiary/aromatic N) is 1. The Balaban J connectivity index is 1.52. The van der Waals surface area contributed by atoms with Crippen molar-refractivity contribution in [3.05, 3.63) is 23.8 Å². The lowest BCUT2D eigenvalue weighted by Crippen LogP contribution is -2.29. The molecule has 0 radical (unpaired) electrons. The molecule has 8 heteroatoms. The number of rotatable bonds is 5. The van der Waals surface area contributed by atoms with Crippen molar-refractivity contribution in [1.29, 1.82) is 0 Å². The number of anilines is 1. The number of carbonyl (C=O) groups excluding carboxylic acids is 2. The number of carbonyl (C=O) groups is 2. The maximum absolute atomic E-state index is 13.1. The van der Waals surface area contributed by atoms with E-state index < -0.39 is 11.6 Å². The summed E-state index contributed by atoms with van der Waals surface area (Å²) < 4.78 is 26.7. The van der Waals surface area contributed by atoms with E-state index in [-0.39, 0.29) is 35.8 Å². The van der Waals surface area contributed by atoms with E-state index in [2.05, 4.69) is 15.6 Å². The fourth-order valence-corrected chi connectivity index (χ4v) is 3.17. The van der Waals surface area contributed by atoms with Crippen molar-refractivity contribution in [1.82, 2.24) is 10.3 Å². The monoisotopic (exact) mass is 339 g/mol. The highest BCUT2D eigenvalue weighted by Crippen LogP contribution is 2.37. The van der Waals surface area contributed by atoms with Crippen molar-refractivity contribution in [3.8, 4) is 0 Å². The van der Waals surface area contributed by atoms with E-state index >= 15 is 0 Å². The third kappa shape index (κ3) is 3.64. The highest BCUT2D eigenvalue weighted by Gasteiger charge is 2.38. The molecule has 5 nitrogen and oxygen atoms in total. The molecular formula is C15H15F2N3O2S. The summed E-state index contributed by atoms with van der Waals surface area (Å²) in [6.07, 6.45) is 1.02. The van der Waals surface area contributed by atoms with Gasteiger partial charge in [-0.3, -0.25) is 9.59 Å². The number of halogens is 2. The van der Waals surface area contributed by atoms with Crippen LogP contribution in [0.15, 0.2) is 12.1 Å². The minimum Gasteiger partial charge on any atom is -0.355 e. The molecule has 1 heterocycles. The minimum absolute atomic E-state index is 0.0174. The topological polar surface area (TPSA) is 71.1 Å². The van der Waals surface area contributed by atoms with Gasteiger partial charge in [-0.1, -0.05) is 18.3 Å². The lowest BCUT2D eigenvalue weighted by atomic mass is 10.3. The Morgan fingerprint density at radius 3 is 2.74 bits per heavy atom. The van der Waals surface area contributed by atoms with Gasteiger partial charge in [0, 0.05) is 24.9 Å². The first-order valence-electron chi connectivity index (χ1n) is 7.27. The number of amides is 2. The molecule has 2 amide bonds. The molecule has 2 atom stereocenters. The molecule has 1 aromatic heterocycles. The number of thiazole rings is 1. The van der Waals surface area contributed by atoms with Gasteiger partial charge in [0.05, 0.1) is 10.2 Å². The Bertz CT molecular complexity index is 738. The van der Waals surface area contributed by atoms with E-state index in [1.807, 2.05) is 6.92 Å². The number of fused-ring (bicyclic) bond motifs is 1. The summed E-state index contributed by atoms with van der Waals surface area (Å²) in [5.41, 5.74) is 0.292. The van der Waals surface area contributed by atoms with Crippen LogP contribution in [0.2, 0.25) is 0 Å². The zero-order chi connectivity index (χ0) is 16.6. The minimum atomic E-state index is -0.974. The molecule has 23 heavy (non-hydrogen) atoms. The Morgan fingerprint density at radius 1 is 1.35 bits per heavy atom. The smallest absolute Gasteiger partial charge is 0.227 e. The highest BCUT2D eigenvalue weighted by atomic mass is 32.1. The van der Waals surface area contributed by atoms with Crippen LogP contribution in [0.1, 0.15) is 19.8 Å². The standard InChI is InChI=1S/C15H15F2N3O2S/c1-7-4-8(7)14(22)18-3-2-13(21)20-15-19-11-5-9(16)10(17)6-12(11)23-15/h5-8H,2-4H2,1H3,(H,18,22)(H,19,20,21)/t7-,8+/m1/s1. The van der Waals surface area contributed by atoms with Crippen LogP contribution >= 0.6 is 11.3 Å². The molecule has 0 spiro atoms. The first kappa shape index (κ1) is 15.8. The summed E-state index contributed by atoms with van der Waals surface area (Å²) in [5.74, 6) is -1.75. The first-order chi connectivity index (χ1) is 10.9. The summed E-state index contributed by atoms with van der Waals surface area (Å²) >= 11 is 1.07. The highest BCUT2D eigenvalue weighted by molar-refractivity contribution is 7.22. The fraction of sp³-hybridized carbons (Fsp3) is 0.400. The third-order valence-electron chi connectivity index (χ3n) is 3.77. The molecule has 0 unspecified atom stereocenters. The third-order valence-corrected chi connectivity index (χ3v) is 4.71. The molecule has 122 valence electrons. The molecule has 3 rings (SSSR count). The van der Waals surface area contributed by atoms with Crippen LogP contribution in [0.4, 0.5) is 13.9 Å². The summed E-state index contributed by atoms with van der Waals surface area (Å²) in [6.45, 7) is 2.26. The van der Waals surface area contributed by atoms with E-state index in [1.54, 1.807) is 0 Å². The van der Waals surface area contributed by atoms with Crippen molar-refractivity contribution in [2.45, 2.75) is 19.8 Å². The molecule has 1 fully saturated rings. The van der Waals surface area contributed by atoms with E-state index in [1.165, 1.54) is 0 Å². The van der Waals surface area contributed by atoms with Crippen molar-refractivity contribution < 1.29 is 18.4 Å². The lowest BCUT2D eigenvalue weighted by molar-refractivity contribution is -0.122. The van der Waals surface area contributed by atoms with Gasteiger partial charge in [0.15, 0.2) is 16.8 Å². The van der Waals surface area contributed by atoms with E-state index in [9.17, 15) is 18.4 Å². The first-order valence-corrected chi connectivity index (χ1v) is 8.09. The van der Waals surface area contributed by atoms with Crippen LogP contribution < -0.4 is 10.6 Å². The Morgan fingerprint density at radius 2 is 2.04 bits per heavy atom. The molecular weight excluding hydrogens is 324 g/mol. The maximum Gasteiger partial charge on any atom is 0.227 e. The van der Waals surface area contributed by atoms with E-state index in [0.29, 0.717) is 16.1 Å². The molecule has 0 aliphatic heterocycles. The van der Waals surface area contributed by atoms with Crippen molar-refractivity contribution >= 4 is 38.5 Å². The van der Waals surface area contributed by atoms with Gasteiger partial charge in [-0.05, 0) is 18.4 Å². The number of nitrogens with one attached hydrogen (secondary N) is 2. The number of hydrogen-bond acceptors (Lipinski definition) is 4. The van der Waals surface area contributed by atoms with Crippen molar-refractivity contribution in [2.75, 3.05) is 11.9 Å². The molecule has 2 aromatic rings. The van der Waals surface area contributed by atoms with Gasteiger partial charge in [0.1, 0.15) is 0 Å². The van der Waals surface area contributed by atoms with Crippen molar-refractivity contribution in [2.24, 2.45) is 11.8 Å². The van der Waals surface area contributed by atoms with Gasteiger partial charge in [0.25, 0.3) is 0 Å². The van der Waals surface area contributed by atoms with Gasteiger partial charge in [0.2, 0.25) is 11.8 Å². The molecule has 1 saturated carbocycles. The van der Waals surface area contributed by atoms with Crippen LogP contribution in [0, 0.1) is 23.5 Å². The normalized spacial score (nSPS) is 19.6. The Hall–Kier alpha value is -2.09. The largest absolute Gasteiger partial charge is 0.355 e. The quantitative estimate of drug-likeness (QED) is 0.880. The molecule has 0 saturated heterocycles. The van der Waals surface area contributed by atoms with Gasteiger partial charge in [-0.15, -0.1) is 0 Å². The number of aromatic nitrogens is 1. The number of benzene rings is 1. The molecule has 2 N–H and O–H groups in total. The van der Waals surface area contributed by atoms with Gasteiger partial charge in [-0.25, -0.2) is 13.8 Å². The van der Waals surface area contributed by atoms with Gasteiger partial charge < -0.3 is 10.6 Å². The van der Waals surface area contributed by atoms with Crippen molar-refractivity contribution in [3.63, 3.8) is 0 Å². The fourth-order valence-electron chi connectivity index (χ4n) is 2.28. The van der Waals surface area contributed by atoms with Gasteiger partial charge in [-0.2, -0.15) is 0 Å². The SMILES string of the molecule is C[C@@H]1C[C@@H]1C(=O)NCCC(=O)Nc1nc2cc(F)c(F)cc2s1. The van der Waals surface area contributed by atoms with Crippen LogP contribution in [0.3, 0.4) is 0 Å². The summed E-state index contributed by atoms with van der Waals surface area (Å²) in [5, 5.41) is 5.56. The second-order valence-corrected chi connectivity index (χ2v) is 6.69. The zero-order valence-electron chi connectivity index (χ0n) is 12.4. The summed E-state index contributed by atoms with van der Waals surface area (Å²) in [4.78, 5) is 27.5. The maximum atomic E-state index is 13.1. The van der Waals surface area contributed by atoms with Crippen LogP contribution in [0.25, 0.3) is 10.2 Å². The van der Waals surface area contributed by atoms with Gasteiger partial charge >= 0.3 is 0 Å². The van der Waals surface area contributed by atoms with Crippen LogP contribution in [0.5, 0.6) is 0 Å². The lowest BCUT2D eigenvalue weighted by Gasteiger charge is -2.04. The van der Waals surface area contributed by atoms with Crippen LogP contribution in [-0.2, 0) is 9.59 Å². The van der Waals surface area contributed by atoms with E-state index in [0.717, 1.165) is 29.9 Å². The Kier molecular flexibility index (Phi) is 4.25. The van der Waals surface area contributed by atoms with E-state index in [4.69, 9.17) is 0 Å². The summed E-state index contributed by atoms with van der Waals surface area (Å²) in [7, 11) is 0. The molecule has 0 bridgehead atoms. The molecule has 1 aromatic carbocycles. The number of hydrogen-bond donors (Lipinski definition) is 2. The predicted octanol–water partition coefficient (Wildman–Crippen LogP) is 2.68. The molecule has 1 aliphatic rings. The Labute approximate surface area is 135 Å². The average molecular weight is 339 g/mol. The average Bonchev–Trinajstić information content (AvgIpc) is 3.09.